The van der Waals surface area contributed by atoms with Crippen LogP contribution in [0.2, 0.25) is 0 Å². The first-order chi connectivity index (χ1) is 8.25. The maximum absolute atomic E-state index is 11.9. The number of hydrogen-bond acceptors (Lipinski definition) is 2. The zero-order chi connectivity index (χ0) is 11.8. The molecule has 0 aliphatic heterocycles. The molecule has 0 spiro atoms. The second-order valence-electron chi connectivity index (χ2n) is 5.25. The Balaban J connectivity index is 1.53. The van der Waals surface area contributed by atoms with E-state index in [2.05, 4.69) is 5.32 Å². The van der Waals surface area contributed by atoms with Gasteiger partial charge in [0.1, 0.15) is 0 Å². The van der Waals surface area contributed by atoms with E-state index in [-0.39, 0.29) is 5.91 Å². The Morgan fingerprint density at radius 1 is 1.35 bits per heavy atom. The zero-order valence-corrected chi connectivity index (χ0v) is 9.86. The van der Waals surface area contributed by atoms with Gasteiger partial charge in [0, 0.05) is 18.2 Å². The number of fused-ring (bicyclic) bond motifs is 1. The van der Waals surface area contributed by atoms with Gasteiger partial charge in [-0.2, -0.15) is 0 Å². The Morgan fingerprint density at radius 2 is 2.12 bits per heavy atom. The summed E-state index contributed by atoms with van der Waals surface area (Å²) >= 11 is 0. The van der Waals surface area contributed by atoms with Crippen LogP contribution >= 0.6 is 0 Å². The molecule has 0 bridgehead atoms. The quantitative estimate of drug-likeness (QED) is 0.780. The number of benzene rings is 1. The van der Waals surface area contributed by atoms with Crippen molar-refractivity contribution in [2.45, 2.75) is 25.8 Å². The number of hydrogen-bond donors (Lipinski definition) is 2. The molecule has 0 aromatic heterocycles. The van der Waals surface area contributed by atoms with Gasteiger partial charge in [0.15, 0.2) is 0 Å². The van der Waals surface area contributed by atoms with Crippen molar-refractivity contribution in [1.29, 1.82) is 0 Å². The molecule has 1 aromatic rings. The molecule has 2 fully saturated rings. The minimum absolute atomic E-state index is 0.238. The minimum Gasteiger partial charge on any atom is -0.399 e. The summed E-state index contributed by atoms with van der Waals surface area (Å²) in [6.07, 6.45) is 3.82. The summed E-state index contributed by atoms with van der Waals surface area (Å²) in [6.45, 7) is 0.597. The molecule has 1 aromatic carbocycles. The standard InChI is InChI=1S/C14H18N2O/c15-10-4-1-3-9(7-10)8-16-14(17)13-11-5-2-6-12(11)13/h1,3-4,7,11-13H,2,5-6,8,15H2,(H,16,17). The van der Waals surface area contributed by atoms with Gasteiger partial charge in [0.25, 0.3) is 0 Å². The third-order valence-corrected chi connectivity index (χ3v) is 4.13. The maximum Gasteiger partial charge on any atom is 0.223 e. The molecule has 3 nitrogen and oxygen atoms in total. The summed E-state index contributed by atoms with van der Waals surface area (Å²) in [5.41, 5.74) is 7.52. The molecular weight excluding hydrogens is 212 g/mol. The second kappa shape index (κ2) is 4.06. The number of nitrogens with one attached hydrogen (secondary N) is 1. The fourth-order valence-corrected chi connectivity index (χ4v) is 3.22. The number of nitrogens with two attached hydrogens (primary N) is 1. The van der Waals surface area contributed by atoms with Crippen LogP contribution in [0.25, 0.3) is 0 Å². The SMILES string of the molecule is Nc1cccc(CNC(=O)C2C3CCCC32)c1. The maximum atomic E-state index is 11.9. The lowest BCUT2D eigenvalue weighted by molar-refractivity contribution is -0.123. The van der Waals surface area contributed by atoms with Gasteiger partial charge in [-0.15, -0.1) is 0 Å². The number of amides is 1. The van der Waals surface area contributed by atoms with Crippen LogP contribution in [0, 0.1) is 17.8 Å². The van der Waals surface area contributed by atoms with Gasteiger partial charge in [0.2, 0.25) is 5.91 Å². The summed E-state index contributed by atoms with van der Waals surface area (Å²) in [4.78, 5) is 11.9. The fraction of sp³-hybridized carbons (Fsp3) is 0.500. The molecule has 2 atom stereocenters. The first kappa shape index (κ1) is 10.6. The predicted molar refractivity (Wildman–Crippen MR) is 67.0 cm³/mol. The highest BCUT2D eigenvalue weighted by Gasteiger charge is 2.56. The van der Waals surface area contributed by atoms with Gasteiger partial charge in [-0.3, -0.25) is 4.79 Å². The van der Waals surface area contributed by atoms with Crippen LogP contribution < -0.4 is 11.1 Å². The van der Waals surface area contributed by atoms with Crippen molar-refractivity contribution in [1.82, 2.24) is 5.32 Å². The molecule has 3 rings (SSSR count). The summed E-state index contributed by atoms with van der Waals surface area (Å²) < 4.78 is 0. The molecule has 2 aliphatic carbocycles. The molecule has 3 heteroatoms. The van der Waals surface area contributed by atoms with Crippen molar-refractivity contribution in [2.24, 2.45) is 17.8 Å². The van der Waals surface area contributed by atoms with Gasteiger partial charge in [-0.25, -0.2) is 0 Å². The van der Waals surface area contributed by atoms with Gasteiger partial charge in [-0.1, -0.05) is 18.6 Å². The van der Waals surface area contributed by atoms with Crippen LogP contribution in [0.15, 0.2) is 24.3 Å². The average molecular weight is 230 g/mol. The van der Waals surface area contributed by atoms with E-state index in [1.54, 1.807) is 0 Å². The van der Waals surface area contributed by atoms with E-state index in [1.807, 2.05) is 24.3 Å². The Labute approximate surface area is 101 Å². The predicted octanol–water partition coefficient (Wildman–Crippen LogP) is 1.93. The first-order valence-corrected chi connectivity index (χ1v) is 6.38. The Hall–Kier alpha value is -1.51. The molecular formula is C14H18N2O. The summed E-state index contributed by atoms with van der Waals surface area (Å²) in [5, 5.41) is 3.02. The van der Waals surface area contributed by atoms with Crippen LogP contribution in [0.3, 0.4) is 0 Å². The molecule has 17 heavy (non-hydrogen) atoms. The molecule has 90 valence electrons. The number of rotatable bonds is 3. The highest BCUT2D eigenvalue weighted by molar-refractivity contribution is 5.82. The van der Waals surface area contributed by atoms with Crippen LogP contribution in [-0.2, 0) is 11.3 Å². The van der Waals surface area contributed by atoms with E-state index in [0.29, 0.717) is 24.3 Å². The smallest absolute Gasteiger partial charge is 0.223 e. The van der Waals surface area contributed by atoms with Gasteiger partial charge < -0.3 is 11.1 Å². The molecule has 0 radical (unpaired) electrons. The highest BCUT2D eigenvalue weighted by Crippen LogP contribution is 2.57. The molecule has 2 aliphatic rings. The normalized spacial score (nSPS) is 29.8. The third-order valence-electron chi connectivity index (χ3n) is 4.13. The van der Waals surface area contributed by atoms with Crippen LogP contribution in [-0.4, -0.2) is 5.91 Å². The van der Waals surface area contributed by atoms with E-state index in [9.17, 15) is 4.79 Å². The number of carbonyl (C=O) groups is 1. The van der Waals surface area contributed by atoms with Crippen molar-refractivity contribution in [3.8, 4) is 0 Å². The van der Waals surface area contributed by atoms with Crippen molar-refractivity contribution in [3.05, 3.63) is 29.8 Å². The lowest BCUT2D eigenvalue weighted by atomic mass is 10.1. The number of anilines is 1. The van der Waals surface area contributed by atoms with Crippen molar-refractivity contribution >= 4 is 11.6 Å². The van der Waals surface area contributed by atoms with E-state index in [0.717, 1.165) is 11.3 Å². The second-order valence-corrected chi connectivity index (χ2v) is 5.25. The monoisotopic (exact) mass is 230 g/mol. The zero-order valence-electron chi connectivity index (χ0n) is 9.86. The lowest BCUT2D eigenvalue weighted by Gasteiger charge is -2.07. The van der Waals surface area contributed by atoms with Crippen LogP contribution in [0.4, 0.5) is 5.69 Å². The van der Waals surface area contributed by atoms with Gasteiger partial charge in [-0.05, 0) is 42.4 Å². The molecule has 1 amide bonds. The highest BCUT2D eigenvalue weighted by atomic mass is 16.2. The van der Waals surface area contributed by atoms with Gasteiger partial charge >= 0.3 is 0 Å². The summed E-state index contributed by atoms with van der Waals surface area (Å²) in [5.74, 6) is 1.93. The van der Waals surface area contributed by atoms with E-state index in [1.165, 1.54) is 19.3 Å². The van der Waals surface area contributed by atoms with Crippen molar-refractivity contribution in [3.63, 3.8) is 0 Å². The van der Waals surface area contributed by atoms with Crippen molar-refractivity contribution in [2.75, 3.05) is 5.73 Å². The molecule has 2 saturated carbocycles. The van der Waals surface area contributed by atoms with E-state index < -0.39 is 0 Å². The largest absolute Gasteiger partial charge is 0.399 e. The van der Waals surface area contributed by atoms with E-state index in [4.69, 9.17) is 5.73 Å². The Bertz CT molecular complexity index is 434. The average Bonchev–Trinajstić information content (AvgIpc) is 2.80. The Morgan fingerprint density at radius 3 is 2.82 bits per heavy atom. The lowest BCUT2D eigenvalue weighted by Crippen LogP contribution is -2.26. The first-order valence-electron chi connectivity index (χ1n) is 6.38. The van der Waals surface area contributed by atoms with Crippen LogP contribution in [0.5, 0.6) is 0 Å². The number of nitrogen functional groups attached to an aromatic ring is 1. The molecule has 0 saturated heterocycles. The van der Waals surface area contributed by atoms with Crippen LogP contribution in [0.1, 0.15) is 24.8 Å². The molecule has 0 heterocycles. The summed E-state index contributed by atoms with van der Waals surface area (Å²) in [6, 6.07) is 7.68. The Kier molecular flexibility index (Phi) is 2.54. The topological polar surface area (TPSA) is 55.1 Å². The van der Waals surface area contributed by atoms with Crippen molar-refractivity contribution < 1.29 is 4.79 Å². The molecule has 2 unspecified atom stereocenters. The van der Waals surface area contributed by atoms with E-state index >= 15 is 0 Å². The van der Waals surface area contributed by atoms with Gasteiger partial charge in [0.05, 0.1) is 0 Å². The number of carbonyl (C=O) groups excluding carboxylic acids is 1. The minimum atomic E-state index is 0.238. The molecule has 3 N–H and O–H groups in total. The third kappa shape index (κ3) is 2.02. The summed E-state index contributed by atoms with van der Waals surface area (Å²) in [7, 11) is 0. The fourth-order valence-electron chi connectivity index (χ4n) is 3.22.